The zero-order valence-electron chi connectivity index (χ0n) is 14.2. The van der Waals surface area contributed by atoms with Crippen molar-refractivity contribution < 1.29 is 14.3 Å². The van der Waals surface area contributed by atoms with E-state index in [0.717, 1.165) is 5.56 Å². The number of rotatable bonds is 5. The summed E-state index contributed by atoms with van der Waals surface area (Å²) in [6.07, 6.45) is 3.04. The average Bonchev–Trinajstić information content (AvgIpc) is 3.14. The third-order valence-electron chi connectivity index (χ3n) is 4.14. The minimum absolute atomic E-state index is 0.199. The number of nitrogens with one attached hydrogen (secondary N) is 1. The molecular formula is C20H19N3O3. The zero-order chi connectivity index (χ0) is 17.8. The van der Waals surface area contributed by atoms with Gasteiger partial charge in [-0.15, -0.1) is 0 Å². The van der Waals surface area contributed by atoms with Gasteiger partial charge in [0.15, 0.2) is 11.5 Å². The van der Waals surface area contributed by atoms with Crippen molar-refractivity contribution in [3.8, 4) is 11.5 Å². The molecule has 0 bridgehead atoms. The first kappa shape index (κ1) is 16.2. The molecule has 0 spiro atoms. The van der Waals surface area contributed by atoms with E-state index in [-0.39, 0.29) is 12.5 Å². The fourth-order valence-electron chi connectivity index (χ4n) is 2.81. The lowest BCUT2D eigenvalue weighted by Crippen LogP contribution is -2.43. The molecule has 1 amide bonds. The van der Waals surface area contributed by atoms with Crippen LogP contribution in [0.4, 0.5) is 0 Å². The predicted molar refractivity (Wildman–Crippen MR) is 96.0 cm³/mol. The topological polar surface area (TPSA) is 65.4 Å². The number of nitrogens with zero attached hydrogens (tertiary/aromatic N) is 2. The summed E-state index contributed by atoms with van der Waals surface area (Å²) in [5.74, 6) is 1.06. The molecule has 2 aromatic carbocycles. The van der Waals surface area contributed by atoms with E-state index in [0.29, 0.717) is 24.6 Å². The number of hydrogen-bond donors (Lipinski definition) is 1. The van der Waals surface area contributed by atoms with Gasteiger partial charge in [0.2, 0.25) is 6.10 Å². The van der Waals surface area contributed by atoms with E-state index < -0.39 is 6.10 Å². The fourth-order valence-corrected chi connectivity index (χ4v) is 2.81. The molecule has 0 aliphatic carbocycles. The van der Waals surface area contributed by atoms with Crippen molar-refractivity contribution in [1.82, 2.24) is 15.1 Å². The normalized spacial score (nSPS) is 15.5. The first-order valence-corrected chi connectivity index (χ1v) is 8.49. The standard InChI is InChI=1S/C20H19N3O3/c24-20(19-14-25-17-8-4-5-9-18(17)26-19)21-10-16-11-22-23(13-16)12-15-6-2-1-3-7-15/h1-9,11,13,19H,10,12,14H2,(H,21,24). The number of para-hydroxylation sites is 2. The summed E-state index contributed by atoms with van der Waals surface area (Å²) in [4.78, 5) is 12.3. The molecule has 1 aliphatic rings. The van der Waals surface area contributed by atoms with E-state index >= 15 is 0 Å². The Morgan fingerprint density at radius 1 is 1.08 bits per heavy atom. The van der Waals surface area contributed by atoms with Gasteiger partial charge in [0.1, 0.15) is 6.61 Å². The highest BCUT2D eigenvalue weighted by Gasteiger charge is 2.26. The van der Waals surface area contributed by atoms with Crippen molar-refractivity contribution in [3.63, 3.8) is 0 Å². The Hall–Kier alpha value is -3.28. The highest BCUT2D eigenvalue weighted by molar-refractivity contribution is 5.81. The first-order valence-electron chi connectivity index (χ1n) is 8.49. The third kappa shape index (κ3) is 3.69. The van der Waals surface area contributed by atoms with Gasteiger partial charge < -0.3 is 14.8 Å². The quantitative estimate of drug-likeness (QED) is 0.768. The zero-order valence-corrected chi connectivity index (χ0v) is 14.2. The van der Waals surface area contributed by atoms with Crippen LogP contribution in [0.25, 0.3) is 0 Å². The number of carbonyl (C=O) groups is 1. The van der Waals surface area contributed by atoms with Gasteiger partial charge in [-0.3, -0.25) is 9.48 Å². The number of ether oxygens (including phenoxy) is 2. The van der Waals surface area contributed by atoms with Crippen LogP contribution in [0.2, 0.25) is 0 Å². The molecule has 6 heteroatoms. The molecule has 1 N–H and O–H groups in total. The van der Waals surface area contributed by atoms with Crippen LogP contribution < -0.4 is 14.8 Å². The fraction of sp³-hybridized carbons (Fsp3) is 0.200. The lowest BCUT2D eigenvalue weighted by atomic mass is 10.2. The molecule has 132 valence electrons. The van der Waals surface area contributed by atoms with Gasteiger partial charge >= 0.3 is 0 Å². The van der Waals surface area contributed by atoms with Crippen LogP contribution in [0.1, 0.15) is 11.1 Å². The Kier molecular flexibility index (Phi) is 4.55. The van der Waals surface area contributed by atoms with Crippen molar-refractivity contribution in [2.75, 3.05) is 6.61 Å². The second kappa shape index (κ2) is 7.31. The summed E-state index contributed by atoms with van der Waals surface area (Å²) in [5.41, 5.74) is 2.11. The molecule has 0 saturated carbocycles. The SMILES string of the molecule is O=C(NCc1cnn(Cc2ccccc2)c1)C1COc2ccccc2O1. The Balaban J connectivity index is 1.31. The average molecular weight is 349 g/mol. The minimum Gasteiger partial charge on any atom is -0.485 e. The second-order valence-electron chi connectivity index (χ2n) is 6.11. The molecule has 1 atom stereocenters. The monoisotopic (exact) mass is 349 g/mol. The van der Waals surface area contributed by atoms with E-state index in [2.05, 4.69) is 22.5 Å². The van der Waals surface area contributed by atoms with Gasteiger partial charge in [-0.25, -0.2) is 0 Å². The van der Waals surface area contributed by atoms with Crippen LogP contribution in [0.3, 0.4) is 0 Å². The highest BCUT2D eigenvalue weighted by Crippen LogP contribution is 2.30. The summed E-state index contributed by atoms with van der Waals surface area (Å²) < 4.78 is 13.1. The van der Waals surface area contributed by atoms with Crippen LogP contribution in [0, 0.1) is 0 Å². The molecular weight excluding hydrogens is 330 g/mol. The summed E-state index contributed by atoms with van der Waals surface area (Å²) in [5, 5.41) is 7.22. The Morgan fingerprint density at radius 3 is 2.69 bits per heavy atom. The van der Waals surface area contributed by atoms with Crippen LogP contribution in [-0.4, -0.2) is 28.4 Å². The van der Waals surface area contributed by atoms with E-state index in [1.807, 2.05) is 47.3 Å². The summed E-state index contributed by atoms with van der Waals surface area (Å²) in [7, 11) is 0. The summed E-state index contributed by atoms with van der Waals surface area (Å²) >= 11 is 0. The van der Waals surface area contributed by atoms with Crippen LogP contribution >= 0.6 is 0 Å². The maximum absolute atomic E-state index is 12.3. The molecule has 26 heavy (non-hydrogen) atoms. The molecule has 3 aromatic rings. The number of hydrogen-bond acceptors (Lipinski definition) is 4. The highest BCUT2D eigenvalue weighted by atomic mass is 16.6. The smallest absolute Gasteiger partial charge is 0.264 e. The maximum Gasteiger partial charge on any atom is 0.264 e. The number of carbonyl (C=O) groups excluding carboxylic acids is 1. The Bertz CT molecular complexity index is 892. The van der Waals surface area contributed by atoms with E-state index in [1.54, 1.807) is 12.3 Å². The lowest BCUT2D eigenvalue weighted by Gasteiger charge is -2.25. The molecule has 2 heterocycles. The van der Waals surface area contributed by atoms with Gasteiger partial charge in [0.25, 0.3) is 5.91 Å². The molecule has 1 aliphatic heterocycles. The molecule has 0 radical (unpaired) electrons. The van der Waals surface area contributed by atoms with Gasteiger partial charge in [-0.05, 0) is 17.7 Å². The van der Waals surface area contributed by atoms with E-state index in [9.17, 15) is 4.79 Å². The van der Waals surface area contributed by atoms with Crippen LogP contribution in [-0.2, 0) is 17.9 Å². The molecule has 0 saturated heterocycles. The second-order valence-corrected chi connectivity index (χ2v) is 6.11. The molecule has 6 nitrogen and oxygen atoms in total. The molecule has 1 unspecified atom stereocenters. The van der Waals surface area contributed by atoms with Crippen LogP contribution in [0.5, 0.6) is 11.5 Å². The van der Waals surface area contributed by atoms with Gasteiger partial charge in [0, 0.05) is 18.3 Å². The maximum atomic E-state index is 12.3. The third-order valence-corrected chi connectivity index (χ3v) is 4.14. The molecule has 4 rings (SSSR count). The predicted octanol–water partition coefficient (Wildman–Crippen LogP) is 2.39. The van der Waals surface area contributed by atoms with E-state index in [1.165, 1.54) is 5.56 Å². The van der Waals surface area contributed by atoms with Gasteiger partial charge in [0.05, 0.1) is 12.7 Å². The van der Waals surface area contributed by atoms with Crippen molar-refractivity contribution in [2.45, 2.75) is 19.2 Å². The number of benzene rings is 2. The largest absolute Gasteiger partial charge is 0.485 e. The Labute approximate surface area is 151 Å². The number of aromatic nitrogens is 2. The number of amides is 1. The van der Waals surface area contributed by atoms with Crippen molar-refractivity contribution in [3.05, 3.63) is 78.1 Å². The first-order chi connectivity index (χ1) is 12.8. The minimum atomic E-state index is -0.649. The molecule has 1 aromatic heterocycles. The summed E-state index contributed by atoms with van der Waals surface area (Å²) in [6, 6.07) is 17.5. The Morgan fingerprint density at radius 2 is 1.85 bits per heavy atom. The molecule has 0 fully saturated rings. The van der Waals surface area contributed by atoms with Gasteiger partial charge in [-0.2, -0.15) is 5.10 Å². The van der Waals surface area contributed by atoms with Gasteiger partial charge in [-0.1, -0.05) is 42.5 Å². The lowest BCUT2D eigenvalue weighted by molar-refractivity contribution is -0.130. The number of fused-ring (bicyclic) bond motifs is 1. The summed E-state index contributed by atoms with van der Waals surface area (Å²) in [6.45, 7) is 1.30. The van der Waals surface area contributed by atoms with Crippen molar-refractivity contribution in [1.29, 1.82) is 0 Å². The van der Waals surface area contributed by atoms with Crippen LogP contribution in [0.15, 0.2) is 67.0 Å². The van der Waals surface area contributed by atoms with Crippen molar-refractivity contribution in [2.24, 2.45) is 0 Å². The van der Waals surface area contributed by atoms with Crippen molar-refractivity contribution >= 4 is 5.91 Å². The van der Waals surface area contributed by atoms with E-state index in [4.69, 9.17) is 9.47 Å².